The maximum absolute atomic E-state index is 12.7. The Hall–Kier alpha value is -1.58. The highest BCUT2D eigenvalue weighted by Gasteiger charge is 2.33. The van der Waals surface area contributed by atoms with Crippen molar-refractivity contribution in [3.8, 4) is 0 Å². The van der Waals surface area contributed by atoms with Crippen LogP contribution < -0.4 is 0 Å². The van der Waals surface area contributed by atoms with Crippen molar-refractivity contribution in [3.63, 3.8) is 0 Å². The SMILES string of the molecule is CC(C)c1ccc(C(=O)CC(=O)C(C)(F)F)cc1. The molecule has 1 aromatic carbocycles. The van der Waals surface area contributed by atoms with Crippen LogP contribution in [0.5, 0.6) is 0 Å². The first-order chi connectivity index (χ1) is 8.21. The van der Waals surface area contributed by atoms with Crippen molar-refractivity contribution in [1.29, 1.82) is 0 Å². The van der Waals surface area contributed by atoms with Gasteiger partial charge < -0.3 is 0 Å². The Morgan fingerprint density at radius 2 is 1.67 bits per heavy atom. The van der Waals surface area contributed by atoms with Gasteiger partial charge >= 0.3 is 5.92 Å². The van der Waals surface area contributed by atoms with Crippen molar-refractivity contribution in [2.45, 2.75) is 39.0 Å². The number of ketones is 2. The summed E-state index contributed by atoms with van der Waals surface area (Å²) >= 11 is 0. The highest BCUT2D eigenvalue weighted by atomic mass is 19.3. The van der Waals surface area contributed by atoms with Gasteiger partial charge in [-0.25, -0.2) is 0 Å². The Bertz CT molecular complexity index is 442. The Kier molecular flexibility index (Phi) is 4.33. The molecular weight excluding hydrogens is 238 g/mol. The zero-order chi connectivity index (χ0) is 13.9. The molecule has 4 heteroatoms. The van der Waals surface area contributed by atoms with Gasteiger partial charge in [0.2, 0.25) is 5.78 Å². The molecule has 0 spiro atoms. The average Bonchev–Trinajstić information content (AvgIpc) is 2.27. The van der Waals surface area contributed by atoms with Crippen LogP contribution in [-0.4, -0.2) is 17.5 Å². The standard InChI is InChI=1S/C14H16F2O2/c1-9(2)10-4-6-11(7-5-10)12(17)8-13(18)14(3,15)16/h4-7,9H,8H2,1-3H3. The highest BCUT2D eigenvalue weighted by molar-refractivity contribution is 6.09. The van der Waals surface area contributed by atoms with Crippen LogP contribution in [0.4, 0.5) is 8.78 Å². The molecule has 0 heterocycles. The van der Waals surface area contributed by atoms with Crippen LogP contribution in [0.1, 0.15) is 49.0 Å². The van der Waals surface area contributed by atoms with E-state index in [4.69, 9.17) is 0 Å². The van der Waals surface area contributed by atoms with Crippen molar-refractivity contribution < 1.29 is 18.4 Å². The lowest BCUT2D eigenvalue weighted by molar-refractivity contribution is -0.139. The number of hydrogen-bond donors (Lipinski definition) is 0. The number of carbonyl (C=O) groups excluding carboxylic acids is 2. The summed E-state index contributed by atoms with van der Waals surface area (Å²) < 4.78 is 25.3. The summed E-state index contributed by atoms with van der Waals surface area (Å²) in [7, 11) is 0. The molecule has 0 N–H and O–H groups in total. The lowest BCUT2D eigenvalue weighted by Gasteiger charge is -2.09. The van der Waals surface area contributed by atoms with Crippen LogP contribution in [-0.2, 0) is 4.79 Å². The maximum Gasteiger partial charge on any atom is 0.303 e. The molecule has 0 aliphatic rings. The summed E-state index contributed by atoms with van der Waals surface area (Å²) in [6.45, 7) is 4.53. The second-order valence-corrected chi connectivity index (χ2v) is 4.69. The number of Topliss-reactive ketones (excluding diaryl/α,β-unsaturated/α-hetero) is 2. The minimum atomic E-state index is -3.45. The molecule has 18 heavy (non-hydrogen) atoms. The van der Waals surface area contributed by atoms with Gasteiger partial charge in [0.25, 0.3) is 0 Å². The predicted octanol–water partition coefficient (Wildman–Crippen LogP) is 3.61. The third kappa shape index (κ3) is 3.72. The van der Waals surface area contributed by atoms with E-state index in [1.807, 2.05) is 13.8 Å². The van der Waals surface area contributed by atoms with Gasteiger partial charge in [-0.05, 0) is 11.5 Å². The van der Waals surface area contributed by atoms with E-state index in [0.29, 0.717) is 12.8 Å². The zero-order valence-electron chi connectivity index (χ0n) is 10.7. The van der Waals surface area contributed by atoms with Crippen molar-refractivity contribution in [2.24, 2.45) is 0 Å². The van der Waals surface area contributed by atoms with E-state index < -0.39 is 23.9 Å². The van der Waals surface area contributed by atoms with Gasteiger partial charge in [-0.2, -0.15) is 8.78 Å². The fourth-order valence-corrected chi connectivity index (χ4v) is 1.46. The largest absolute Gasteiger partial charge is 0.303 e. The predicted molar refractivity (Wildman–Crippen MR) is 65.1 cm³/mol. The molecule has 2 nitrogen and oxygen atoms in total. The molecule has 0 aliphatic carbocycles. The van der Waals surface area contributed by atoms with Gasteiger partial charge in [0.1, 0.15) is 0 Å². The quantitative estimate of drug-likeness (QED) is 0.594. The molecular formula is C14H16F2O2. The Labute approximate surface area is 105 Å². The van der Waals surface area contributed by atoms with E-state index in [9.17, 15) is 18.4 Å². The fraction of sp³-hybridized carbons (Fsp3) is 0.429. The summed E-state index contributed by atoms with van der Waals surface area (Å²) in [5.74, 6) is -5.04. The van der Waals surface area contributed by atoms with E-state index in [1.165, 1.54) is 0 Å². The Balaban J connectivity index is 2.77. The number of carbonyl (C=O) groups is 2. The van der Waals surface area contributed by atoms with E-state index in [-0.39, 0.29) is 5.56 Å². The first-order valence-electron chi connectivity index (χ1n) is 5.76. The smallest absolute Gasteiger partial charge is 0.294 e. The molecule has 0 radical (unpaired) electrons. The number of benzene rings is 1. The van der Waals surface area contributed by atoms with Gasteiger partial charge in [-0.15, -0.1) is 0 Å². The second-order valence-electron chi connectivity index (χ2n) is 4.69. The second kappa shape index (κ2) is 5.38. The molecule has 0 unspecified atom stereocenters. The minimum Gasteiger partial charge on any atom is -0.294 e. The fourth-order valence-electron chi connectivity index (χ4n) is 1.46. The van der Waals surface area contributed by atoms with E-state index in [2.05, 4.69) is 0 Å². The molecule has 0 aromatic heterocycles. The maximum atomic E-state index is 12.7. The first-order valence-corrected chi connectivity index (χ1v) is 5.76. The van der Waals surface area contributed by atoms with Crippen molar-refractivity contribution in [1.82, 2.24) is 0 Å². The molecule has 0 saturated heterocycles. The Morgan fingerprint density at radius 3 is 2.06 bits per heavy atom. The van der Waals surface area contributed by atoms with E-state index in [0.717, 1.165) is 5.56 Å². The van der Waals surface area contributed by atoms with Crippen molar-refractivity contribution >= 4 is 11.6 Å². The van der Waals surface area contributed by atoms with Gasteiger partial charge in [0.05, 0.1) is 6.42 Å². The summed E-state index contributed by atoms with van der Waals surface area (Å²) in [6, 6.07) is 6.68. The summed E-state index contributed by atoms with van der Waals surface area (Å²) in [5, 5.41) is 0. The number of rotatable bonds is 5. The summed E-state index contributed by atoms with van der Waals surface area (Å²) in [4.78, 5) is 22.7. The number of halogens is 2. The third-order valence-electron chi connectivity index (χ3n) is 2.71. The van der Waals surface area contributed by atoms with Crippen LogP contribution in [0.25, 0.3) is 0 Å². The molecule has 98 valence electrons. The summed E-state index contributed by atoms with van der Waals surface area (Å²) in [6.07, 6.45) is -0.759. The molecule has 1 rings (SSSR count). The topological polar surface area (TPSA) is 34.1 Å². The van der Waals surface area contributed by atoms with Crippen LogP contribution in [0.3, 0.4) is 0 Å². The molecule has 0 bridgehead atoms. The van der Waals surface area contributed by atoms with E-state index >= 15 is 0 Å². The Morgan fingerprint density at radius 1 is 1.17 bits per heavy atom. The lowest BCUT2D eigenvalue weighted by Crippen LogP contribution is -2.26. The van der Waals surface area contributed by atoms with Gasteiger partial charge in [0.15, 0.2) is 5.78 Å². The lowest BCUT2D eigenvalue weighted by atomic mass is 9.98. The molecule has 0 fully saturated rings. The average molecular weight is 254 g/mol. The number of alkyl halides is 2. The van der Waals surface area contributed by atoms with Gasteiger partial charge in [0, 0.05) is 12.5 Å². The van der Waals surface area contributed by atoms with Crippen LogP contribution >= 0.6 is 0 Å². The molecule has 0 aliphatic heterocycles. The van der Waals surface area contributed by atoms with Crippen molar-refractivity contribution in [2.75, 3.05) is 0 Å². The molecule has 0 saturated carbocycles. The van der Waals surface area contributed by atoms with E-state index in [1.54, 1.807) is 24.3 Å². The van der Waals surface area contributed by atoms with Crippen molar-refractivity contribution in [3.05, 3.63) is 35.4 Å². The molecule has 0 atom stereocenters. The van der Waals surface area contributed by atoms with Gasteiger partial charge in [-0.3, -0.25) is 9.59 Å². The highest BCUT2D eigenvalue weighted by Crippen LogP contribution is 2.19. The summed E-state index contributed by atoms with van der Waals surface area (Å²) in [5.41, 5.74) is 1.34. The minimum absolute atomic E-state index is 0.289. The van der Waals surface area contributed by atoms with Crippen LogP contribution in [0, 0.1) is 0 Å². The normalized spacial score (nSPS) is 11.7. The zero-order valence-corrected chi connectivity index (χ0v) is 10.7. The molecule has 1 aromatic rings. The van der Waals surface area contributed by atoms with Gasteiger partial charge in [-0.1, -0.05) is 38.1 Å². The van der Waals surface area contributed by atoms with Crippen LogP contribution in [0.15, 0.2) is 24.3 Å². The molecule has 0 amide bonds. The monoisotopic (exact) mass is 254 g/mol. The number of hydrogen-bond acceptors (Lipinski definition) is 2. The first kappa shape index (κ1) is 14.5. The third-order valence-corrected chi connectivity index (χ3v) is 2.71. The van der Waals surface area contributed by atoms with Crippen LogP contribution in [0.2, 0.25) is 0 Å².